The highest BCUT2D eigenvalue weighted by Gasteiger charge is 2.11. The molecule has 0 radical (unpaired) electrons. The zero-order valence-corrected chi connectivity index (χ0v) is 9.70. The minimum Gasteiger partial charge on any atom is -0.484 e. The average Bonchev–Trinajstić information content (AvgIpc) is 2.37. The molecule has 6 heteroatoms. The molecule has 1 aromatic carbocycles. The van der Waals surface area contributed by atoms with E-state index in [0.717, 1.165) is 18.2 Å². The first-order chi connectivity index (χ1) is 9.06. The van der Waals surface area contributed by atoms with Crippen LogP contribution in [-0.2, 0) is 6.61 Å². The number of halogens is 3. The fourth-order valence-electron chi connectivity index (χ4n) is 1.50. The highest BCUT2D eigenvalue weighted by molar-refractivity contribution is 5.30. The number of hydrogen-bond donors (Lipinski definition) is 1. The number of nitrogens with one attached hydrogen (secondary N) is 1. The summed E-state index contributed by atoms with van der Waals surface area (Å²) in [5.74, 6) is -1.01. The standard InChI is InChI=1S/C13H10F3NO2/c14-11-5-8(13(15)16)1-2-12(11)19-7-9-6-10(18)3-4-17-9/h1-6,13H,7H2,(H,17,18). The maximum Gasteiger partial charge on any atom is 0.263 e. The van der Waals surface area contributed by atoms with Crippen molar-refractivity contribution in [2.45, 2.75) is 13.0 Å². The average molecular weight is 269 g/mol. The Morgan fingerprint density at radius 3 is 2.63 bits per heavy atom. The maximum atomic E-state index is 13.5. The molecule has 0 fully saturated rings. The molecule has 0 saturated heterocycles. The summed E-state index contributed by atoms with van der Waals surface area (Å²) in [5, 5.41) is 0. The van der Waals surface area contributed by atoms with Gasteiger partial charge < -0.3 is 9.72 Å². The van der Waals surface area contributed by atoms with E-state index in [1.54, 1.807) is 0 Å². The predicted octanol–water partition coefficient (Wildman–Crippen LogP) is 3.03. The van der Waals surface area contributed by atoms with E-state index in [1.165, 1.54) is 18.3 Å². The summed E-state index contributed by atoms with van der Waals surface area (Å²) in [7, 11) is 0. The maximum absolute atomic E-state index is 13.5. The van der Waals surface area contributed by atoms with Crippen molar-refractivity contribution < 1.29 is 17.9 Å². The molecule has 0 aliphatic rings. The zero-order valence-electron chi connectivity index (χ0n) is 9.70. The van der Waals surface area contributed by atoms with Gasteiger partial charge in [0.15, 0.2) is 17.0 Å². The van der Waals surface area contributed by atoms with Crippen molar-refractivity contribution in [3.05, 3.63) is 63.8 Å². The number of rotatable bonds is 4. The van der Waals surface area contributed by atoms with E-state index >= 15 is 0 Å². The van der Waals surface area contributed by atoms with Gasteiger partial charge in [-0.1, -0.05) is 0 Å². The molecule has 0 bridgehead atoms. The molecule has 0 atom stereocenters. The predicted molar refractivity (Wildman–Crippen MR) is 62.8 cm³/mol. The fourth-order valence-corrected chi connectivity index (χ4v) is 1.50. The summed E-state index contributed by atoms with van der Waals surface area (Å²) < 4.78 is 43.2. The smallest absolute Gasteiger partial charge is 0.263 e. The van der Waals surface area contributed by atoms with E-state index in [4.69, 9.17) is 4.74 Å². The minimum atomic E-state index is -2.73. The van der Waals surface area contributed by atoms with Crippen LogP contribution in [0.2, 0.25) is 0 Å². The molecule has 2 aromatic rings. The number of aromatic nitrogens is 1. The van der Waals surface area contributed by atoms with Crippen molar-refractivity contribution in [3.63, 3.8) is 0 Å². The molecular weight excluding hydrogens is 259 g/mol. The quantitative estimate of drug-likeness (QED) is 0.927. The number of alkyl halides is 2. The Morgan fingerprint density at radius 2 is 2.00 bits per heavy atom. The lowest BCUT2D eigenvalue weighted by molar-refractivity contribution is 0.150. The summed E-state index contributed by atoms with van der Waals surface area (Å²) in [6.45, 7) is -0.0545. The van der Waals surface area contributed by atoms with E-state index in [2.05, 4.69) is 4.98 Å². The first kappa shape index (κ1) is 13.2. The largest absolute Gasteiger partial charge is 0.484 e. The molecule has 0 unspecified atom stereocenters. The summed E-state index contributed by atoms with van der Waals surface area (Å²) in [5.41, 5.74) is -0.145. The van der Waals surface area contributed by atoms with Crippen molar-refractivity contribution in [1.82, 2.24) is 4.98 Å². The first-order valence-corrected chi connectivity index (χ1v) is 5.44. The Kier molecular flexibility index (Phi) is 3.89. The second-order valence-electron chi connectivity index (χ2n) is 3.83. The monoisotopic (exact) mass is 269 g/mol. The first-order valence-electron chi connectivity index (χ1n) is 5.44. The van der Waals surface area contributed by atoms with Gasteiger partial charge in [0, 0.05) is 23.9 Å². The highest BCUT2D eigenvalue weighted by atomic mass is 19.3. The lowest BCUT2D eigenvalue weighted by Gasteiger charge is -2.08. The molecule has 1 aromatic heterocycles. The van der Waals surface area contributed by atoms with Gasteiger partial charge in [0.2, 0.25) is 0 Å². The lowest BCUT2D eigenvalue weighted by atomic mass is 10.2. The fraction of sp³-hybridized carbons (Fsp3) is 0.154. The Hall–Kier alpha value is -2.24. The molecule has 1 N–H and O–H groups in total. The van der Waals surface area contributed by atoms with Crippen molar-refractivity contribution in [2.75, 3.05) is 0 Å². The van der Waals surface area contributed by atoms with E-state index in [1.807, 2.05) is 0 Å². The highest BCUT2D eigenvalue weighted by Crippen LogP contribution is 2.25. The zero-order chi connectivity index (χ0) is 13.8. The van der Waals surface area contributed by atoms with E-state index in [-0.39, 0.29) is 17.8 Å². The van der Waals surface area contributed by atoms with Crippen LogP contribution in [0.1, 0.15) is 17.7 Å². The van der Waals surface area contributed by atoms with E-state index in [9.17, 15) is 18.0 Å². The van der Waals surface area contributed by atoms with Gasteiger partial charge in [0.05, 0.1) is 5.69 Å². The molecule has 2 rings (SSSR count). The van der Waals surface area contributed by atoms with Crippen LogP contribution < -0.4 is 10.2 Å². The molecule has 3 nitrogen and oxygen atoms in total. The van der Waals surface area contributed by atoms with Crippen LogP contribution >= 0.6 is 0 Å². The van der Waals surface area contributed by atoms with Crippen LogP contribution in [0.25, 0.3) is 0 Å². The third-order valence-electron chi connectivity index (χ3n) is 2.42. The third kappa shape index (κ3) is 3.37. The van der Waals surface area contributed by atoms with Crippen LogP contribution in [0.5, 0.6) is 5.75 Å². The Balaban J connectivity index is 2.10. The van der Waals surface area contributed by atoms with Gasteiger partial charge in [0.1, 0.15) is 6.61 Å². The van der Waals surface area contributed by atoms with Crippen LogP contribution in [0.15, 0.2) is 41.3 Å². The minimum absolute atomic E-state index is 0.0545. The Bertz CT molecular complexity index is 625. The summed E-state index contributed by atoms with van der Waals surface area (Å²) in [6, 6.07) is 5.61. The van der Waals surface area contributed by atoms with Gasteiger partial charge >= 0.3 is 0 Å². The summed E-state index contributed by atoms with van der Waals surface area (Å²) in [4.78, 5) is 13.8. The molecule has 100 valence electrons. The third-order valence-corrected chi connectivity index (χ3v) is 2.42. The number of pyridine rings is 1. The van der Waals surface area contributed by atoms with Crippen molar-refractivity contribution in [3.8, 4) is 5.75 Å². The van der Waals surface area contributed by atoms with Gasteiger partial charge in [-0.25, -0.2) is 13.2 Å². The molecule has 0 aliphatic carbocycles. The molecule has 0 saturated carbocycles. The molecule has 1 heterocycles. The molecular formula is C13H10F3NO2. The van der Waals surface area contributed by atoms with Crippen molar-refractivity contribution in [2.24, 2.45) is 0 Å². The SMILES string of the molecule is O=c1cc[nH]c(COc2ccc(C(F)F)cc2F)c1. The second kappa shape index (κ2) is 5.60. The van der Waals surface area contributed by atoms with Gasteiger partial charge in [-0.2, -0.15) is 0 Å². The molecule has 0 amide bonds. The molecule has 0 spiro atoms. The number of H-pyrrole nitrogens is 1. The second-order valence-corrected chi connectivity index (χ2v) is 3.83. The van der Waals surface area contributed by atoms with Gasteiger partial charge in [0.25, 0.3) is 6.43 Å². The molecule has 0 aliphatic heterocycles. The number of ether oxygens (including phenoxy) is 1. The lowest BCUT2D eigenvalue weighted by Crippen LogP contribution is -2.05. The number of hydrogen-bond acceptors (Lipinski definition) is 2. The van der Waals surface area contributed by atoms with Crippen molar-refractivity contribution in [1.29, 1.82) is 0 Å². The molecule has 19 heavy (non-hydrogen) atoms. The van der Waals surface area contributed by atoms with Crippen LogP contribution in [0.3, 0.4) is 0 Å². The topological polar surface area (TPSA) is 42.1 Å². The van der Waals surface area contributed by atoms with Gasteiger partial charge in [-0.3, -0.25) is 4.79 Å². The van der Waals surface area contributed by atoms with Crippen LogP contribution in [0, 0.1) is 5.82 Å². The van der Waals surface area contributed by atoms with E-state index in [0.29, 0.717) is 5.69 Å². The Morgan fingerprint density at radius 1 is 1.21 bits per heavy atom. The number of aromatic amines is 1. The Labute approximate surface area is 106 Å². The van der Waals surface area contributed by atoms with Gasteiger partial charge in [-0.05, 0) is 18.2 Å². The normalized spacial score (nSPS) is 10.7. The van der Waals surface area contributed by atoms with E-state index < -0.39 is 17.8 Å². The van der Waals surface area contributed by atoms with Crippen LogP contribution in [-0.4, -0.2) is 4.98 Å². The van der Waals surface area contributed by atoms with Crippen molar-refractivity contribution >= 4 is 0 Å². The number of benzene rings is 1. The summed E-state index contributed by atoms with van der Waals surface area (Å²) in [6.07, 6.45) is -1.29. The van der Waals surface area contributed by atoms with Crippen LogP contribution in [0.4, 0.5) is 13.2 Å². The summed E-state index contributed by atoms with van der Waals surface area (Å²) >= 11 is 0. The van der Waals surface area contributed by atoms with Gasteiger partial charge in [-0.15, -0.1) is 0 Å².